The normalized spacial score (nSPS) is 12.7. The van der Waals surface area contributed by atoms with Gasteiger partial charge in [0.2, 0.25) is 0 Å². The van der Waals surface area contributed by atoms with Gasteiger partial charge in [-0.15, -0.1) is 0 Å². The highest BCUT2D eigenvalue weighted by Crippen LogP contribution is 2.34. The molecule has 1 aromatic heterocycles. The minimum atomic E-state index is -0.465. The van der Waals surface area contributed by atoms with Gasteiger partial charge in [0, 0.05) is 18.2 Å². The maximum atomic E-state index is 13.3. The summed E-state index contributed by atoms with van der Waals surface area (Å²) in [5.74, 6) is -0.253. The Bertz CT molecular complexity index is 1210. The van der Waals surface area contributed by atoms with Crippen molar-refractivity contribution < 1.29 is 32.7 Å². The molecular weight excluding hydrogens is 431 g/mol. The van der Waals surface area contributed by atoms with Crippen LogP contribution in [-0.2, 0) is 11.3 Å². The van der Waals surface area contributed by atoms with Crippen LogP contribution >= 0.6 is 0 Å². The second-order valence-corrected chi connectivity index (χ2v) is 7.25. The monoisotopic (exact) mass is 452 g/mol. The van der Waals surface area contributed by atoms with Crippen LogP contribution in [0.5, 0.6) is 11.5 Å². The molecular formula is C24H21FN2O6. The number of benzene rings is 2. The quantitative estimate of drug-likeness (QED) is 0.527. The molecule has 0 fully saturated rings. The Morgan fingerprint density at radius 2 is 2.00 bits per heavy atom. The second kappa shape index (κ2) is 9.56. The number of furan rings is 1. The fraction of sp³-hybridized carbons (Fsp3) is 0.208. The Morgan fingerprint density at radius 1 is 1.15 bits per heavy atom. The first-order valence-corrected chi connectivity index (χ1v) is 10.3. The first-order valence-electron chi connectivity index (χ1n) is 10.3. The standard InChI is InChI=1S/C24H21FN2O6/c1-2-26-24(30)22-9-7-18(33-22)12-27-19-10-15(6-8-21(19)32-14-23(27)29)20(28)13-31-17-5-3-4-16(25)11-17/h3-11H,2,12-14H2,1H3,(H,26,30). The van der Waals surface area contributed by atoms with E-state index in [4.69, 9.17) is 13.9 Å². The molecule has 170 valence electrons. The van der Waals surface area contributed by atoms with E-state index < -0.39 is 5.82 Å². The number of Topliss-reactive ketones (excluding diaryl/α,β-unsaturated/α-hetero) is 1. The van der Waals surface area contributed by atoms with Gasteiger partial charge in [0.05, 0.1) is 12.2 Å². The van der Waals surface area contributed by atoms with E-state index in [0.717, 1.165) is 0 Å². The number of amides is 2. The molecule has 0 aliphatic carbocycles. The maximum absolute atomic E-state index is 13.3. The third-order valence-corrected chi connectivity index (χ3v) is 4.93. The van der Waals surface area contributed by atoms with E-state index in [2.05, 4.69) is 5.32 Å². The summed E-state index contributed by atoms with van der Waals surface area (Å²) < 4.78 is 29.7. The van der Waals surface area contributed by atoms with Crippen molar-refractivity contribution in [3.8, 4) is 11.5 Å². The Balaban J connectivity index is 1.51. The molecule has 0 saturated heterocycles. The summed E-state index contributed by atoms with van der Waals surface area (Å²) in [5, 5.41) is 2.65. The van der Waals surface area contributed by atoms with Crippen molar-refractivity contribution >= 4 is 23.3 Å². The Morgan fingerprint density at radius 3 is 2.79 bits per heavy atom. The summed E-state index contributed by atoms with van der Waals surface area (Å²) >= 11 is 0. The predicted octanol–water partition coefficient (Wildman–Crippen LogP) is 3.36. The van der Waals surface area contributed by atoms with E-state index in [1.807, 2.05) is 0 Å². The van der Waals surface area contributed by atoms with Crippen LogP contribution in [-0.4, -0.2) is 37.4 Å². The van der Waals surface area contributed by atoms with Gasteiger partial charge in [-0.1, -0.05) is 6.07 Å². The van der Waals surface area contributed by atoms with Gasteiger partial charge in [-0.05, 0) is 49.4 Å². The van der Waals surface area contributed by atoms with Crippen LogP contribution in [0.15, 0.2) is 59.0 Å². The molecule has 33 heavy (non-hydrogen) atoms. The first-order chi connectivity index (χ1) is 15.9. The number of halogens is 1. The molecule has 0 saturated carbocycles. The summed E-state index contributed by atoms with van der Waals surface area (Å²) in [6.45, 7) is 1.86. The number of rotatable bonds is 8. The van der Waals surface area contributed by atoms with Crippen LogP contribution < -0.4 is 19.7 Å². The number of hydrogen-bond donors (Lipinski definition) is 1. The molecule has 9 heteroatoms. The average Bonchev–Trinajstić information content (AvgIpc) is 3.28. The maximum Gasteiger partial charge on any atom is 0.286 e. The van der Waals surface area contributed by atoms with Crippen molar-refractivity contribution in [1.82, 2.24) is 5.32 Å². The van der Waals surface area contributed by atoms with E-state index in [1.165, 1.54) is 35.2 Å². The summed E-state index contributed by atoms with van der Waals surface area (Å²) in [6.07, 6.45) is 0. The minimum Gasteiger partial charge on any atom is -0.485 e. The zero-order valence-corrected chi connectivity index (χ0v) is 17.8. The number of hydrogen-bond acceptors (Lipinski definition) is 6. The molecule has 3 aromatic rings. The van der Waals surface area contributed by atoms with E-state index in [0.29, 0.717) is 29.3 Å². The number of nitrogens with one attached hydrogen (secondary N) is 1. The van der Waals surface area contributed by atoms with Crippen LogP contribution in [0.2, 0.25) is 0 Å². The molecule has 0 radical (unpaired) electrons. The highest BCUT2D eigenvalue weighted by atomic mass is 19.1. The number of ketones is 1. The summed E-state index contributed by atoms with van der Waals surface area (Å²) in [6, 6.07) is 13.4. The Kier molecular flexibility index (Phi) is 6.39. The number of carbonyl (C=O) groups excluding carboxylic acids is 3. The molecule has 0 bridgehead atoms. The van der Waals surface area contributed by atoms with Gasteiger partial charge in [0.15, 0.2) is 24.8 Å². The molecule has 1 aliphatic rings. The molecule has 8 nitrogen and oxygen atoms in total. The summed E-state index contributed by atoms with van der Waals surface area (Å²) in [7, 11) is 0. The van der Waals surface area contributed by atoms with Crippen molar-refractivity contribution in [3.63, 3.8) is 0 Å². The van der Waals surface area contributed by atoms with Crippen LogP contribution in [0.3, 0.4) is 0 Å². The molecule has 4 rings (SSSR count). The Labute approximate surface area is 188 Å². The largest absolute Gasteiger partial charge is 0.485 e. The molecule has 0 spiro atoms. The van der Waals surface area contributed by atoms with Gasteiger partial charge >= 0.3 is 0 Å². The lowest BCUT2D eigenvalue weighted by Gasteiger charge is -2.29. The minimum absolute atomic E-state index is 0.0615. The van der Waals surface area contributed by atoms with E-state index in [-0.39, 0.29) is 48.9 Å². The second-order valence-electron chi connectivity index (χ2n) is 7.25. The molecule has 0 atom stereocenters. The predicted molar refractivity (Wildman–Crippen MR) is 116 cm³/mol. The molecule has 2 aromatic carbocycles. The summed E-state index contributed by atoms with van der Waals surface area (Å²) in [4.78, 5) is 38.6. The van der Waals surface area contributed by atoms with Crippen molar-refractivity contribution in [1.29, 1.82) is 0 Å². The lowest BCUT2D eigenvalue weighted by molar-refractivity contribution is -0.121. The fourth-order valence-corrected chi connectivity index (χ4v) is 3.33. The lowest BCUT2D eigenvalue weighted by Crippen LogP contribution is -2.38. The highest BCUT2D eigenvalue weighted by molar-refractivity contribution is 6.02. The number of nitrogens with zero attached hydrogens (tertiary/aromatic N) is 1. The van der Waals surface area contributed by atoms with E-state index >= 15 is 0 Å². The molecule has 1 N–H and O–H groups in total. The van der Waals surface area contributed by atoms with Gasteiger partial charge in [0.1, 0.15) is 23.1 Å². The van der Waals surface area contributed by atoms with E-state index in [1.54, 1.807) is 31.2 Å². The molecule has 2 heterocycles. The molecule has 0 unspecified atom stereocenters. The first kappa shape index (κ1) is 22.1. The van der Waals surface area contributed by atoms with Gasteiger partial charge in [-0.2, -0.15) is 0 Å². The van der Waals surface area contributed by atoms with Gasteiger partial charge < -0.3 is 19.2 Å². The number of fused-ring (bicyclic) bond motifs is 1. The zero-order chi connectivity index (χ0) is 23.4. The van der Waals surface area contributed by atoms with Crippen LogP contribution in [0, 0.1) is 5.82 Å². The summed E-state index contributed by atoms with van der Waals surface area (Å²) in [5.41, 5.74) is 0.703. The van der Waals surface area contributed by atoms with Gasteiger partial charge in [0.25, 0.3) is 11.8 Å². The van der Waals surface area contributed by atoms with Crippen LogP contribution in [0.4, 0.5) is 10.1 Å². The number of carbonyl (C=O) groups is 3. The van der Waals surface area contributed by atoms with Crippen molar-refractivity contribution in [2.45, 2.75) is 13.5 Å². The third kappa shape index (κ3) is 5.03. The lowest BCUT2D eigenvalue weighted by atomic mass is 10.1. The number of ether oxygens (including phenoxy) is 2. The van der Waals surface area contributed by atoms with Crippen molar-refractivity contribution in [3.05, 3.63) is 77.5 Å². The zero-order valence-electron chi connectivity index (χ0n) is 17.8. The fourth-order valence-electron chi connectivity index (χ4n) is 3.33. The number of anilines is 1. The van der Waals surface area contributed by atoms with Crippen molar-refractivity contribution in [2.75, 3.05) is 24.7 Å². The average molecular weight is 452 g/mol. The SMILES string of the molecule is CCNC(=O)c1ccc(CN2C(=O)COc3ccc(C(=O)COc4cccc(F)c4)cc32)o1. The van der Waals surface area contributed by atoms with Crippen LogP contribution in [0.1, 0.15) is 33.6 Å². The highest BCUT2D eigenvalue weighted by Gasteiger charge is 2.28. The van der Waals surface area contributed by atoms with Gasteiger partial charge in [-0.3, -0.25) is 19.3 Å². The van der Waals surface area contributed by atoms with E-state index in [9.17, 15) is 18.8 Å². The third-order valence-electron chi connectivity index (χ3n) is 4.93. The van der Waals surface area contributed by atoms with Crippen molar-refractivity contribution in [2.24, 2.45) is 0 Å². The van der Waals surface area contributed by atoms with Gasteiger partial charge in [-0.25, -0.2) is 4.39 Å². The molecule has 2 amide bonds. The smallest absolute Gasteiger partial charge is 0.286 e. The molecule has 1 aliphatic heterocycles. The van der Waals surface area contributed by atoms with Crippen LogP contribution in [0.25, 0.3) is 0 Å². The Hall–Kier alpha value is -4.14. The topological polar surface area (TPSA) is 98.1 Å².